The van der Waals surface area contributed by atoms with Crippen molar-refractivity contribution in [1.29, 1.82) is 0 Å². The predicted molar refractivity (Wildman–Crippen MR) is 102 cm³/mol. The van der Waals surface area contributed by atoms with Crippen molar-refractivity contribution in [2.24, 2.45) is 5.73 Å². The van der Waals surface area contributed by atoms with Crippen LogP contribution in [-0.4, -0.2) is 69.0 Å². The minimum Gasteiger partial charge on any atom is -0.475 e. The number of nitrogens with one attached hydrogen (secondary N) is 1. The summed E-state index contributed by atoms with van der Waals surface area (Å²) in [6.45, 7) is 2.90. The van der Waals surface area contributed by atoms with Crippen LogP contribution in [0.3, 0.4) is 0 Å². The molecule has 0 spiro atoms. The maximum atomic E-state index is 12.5. The van der Waals surface area contributed by atoms with Crippen LogP contribution in [-0.2, 0) is 19.6 Å². The number of halogens is 3. The number of nitrogens with zero attached hydrogens (tertiary/aromatic N) is 2. The summed E-state index contributed by atoms with van der Waals surface area (Å²) in [5, 5.41) is 7.12. The smallest absolute Gasteiger partial charge is 0.475 e. The number of aromatic nitrogens is 1. The molecule has 1 aromatic heterocycles. The summed E-state index contributed by atoms with van der Waals surface area (Å²) in [7, 11) is -3.52. The fourth-order valence-corrected chi connectivity index (χ4v) is 4.28. The van der Waals surface area contributed by atoms with E-state index in [9.17, 15) is 21.6 Å². The molecule has 1 saturated heterocycles. The summed E-state index contributed by atoms with van der Waals surface area (Å²) >= 11 is 0. The second-order valence-electron chi connectivity index (χ2n) is 6.99. The van der Waals surface area contributed by atoms with E-state index in [1.807, 2.05) is 0 Å². The van der Waals surface area contributed by atoms with Gasteiger partial charge in [0.05, 0.1) is 13.2 Å². The van der Waals surface area contributed by atoms with Crippen LogP contribution in [0.5, 0.6) is 0 Å². The van der Waals surface area contributed by atoms with Gasteiger partial charge in [-0.3, -0.25) is 0 Å². The van der Waals surface area contributed by atoms with Gasteiger partial charge in [0.2, 0.25) is 10.0 Å². The maximum Gasteiger partial charge on any atom is 0.490 e. The van der Waals surface area contributed by atoms with E-state index in [0.29, 0.717) is 13.2 Å². The lowest BCUT2D eigenvalue weighted by Gasteiger charge is -2.28. The summed E-state index contributed by atoms with van der Waals surface area (Å²) in [4.78, 5) is 15.5. The molecule has 9 nitrogen and oxygen atoms in total. The Morgan fingerprint density at radius 1 is 1.20 bits per heavy atom. The van der Waals surface area contributed by atoms with E-state index in [-0.39, 0.29) is 17.0 Å². The highest BCUT2D eigenvalue weighted by Crippen LogP contribution is 2.20. The minimum atomic E-state index is -5.08. The third kappa shape index (κ3) is 7.38. The Morgan fingerprint density at radius 2 is 1.77 bits per heavy atom. The van der Waals surface area contributed by atoms with Crippen molar-refractivity contribution in [1.82, 2.24) is 9.71 Å². The zero-order valence-electron chi connectivity index (χ0n) is 16.1. The van der Waals surface area contributed by atoms with E-state index in [4.69, 9.17) is 20.4 Å². The average molecular weight is 454 g/mol. The number of carbonyl (C=O) groups is 1. The second kappa shape index (κ2) is 10.4. The molecule has 2 fully saturated rings. The summed E-state index contributed by atoms with van der Waals surface area (Å²) in [5.74, 6) is -1.97. The molecule has 0 aromatic carbocycles. The molecule has 0 unspecified atom stereocenters. The number of pyridine rings is 1. The fraction of sp³-hybridized carbons (Fsp3) is 0.647. The number of rotatable bonds is 4. The molecule has 2 heterocycles. The van der Waals surface area contributed by atoms with Gasteiger partial charge in [-0.2, -0.15) is 13.2 Å². The van der Waals surface area contributed by atoms with Gasteiger partial charge < -0.3 is 20.5 Å². The van der Waals surface area contributed by atoms with Gasteiger partial charge in [0.15, 0.2) is 0 Å². The van der Waals surface area contributed by atoms with Gasteiger partial charge >= 0.3 is 12.1 Å². The number of ether oxygens (including phenoxy) is 1. The quantitative estimate of drug-likeness (QED) is 0.616. The molecule has 170 valence electrons. The number of carboxylic acid groups (broad SMARTS) is 1. The van der Waals surface area contributed by atoms with Crippen molar-refractivity contribution < 1.29 is 36.2 Å². The first-order valence-electron chi connectivity index (χ1n) is 9.36. The molecular weight excluding hydrogens is 429 g/mol. The Hall–Kier alpha value is -1.96. The molecule has 0 amide bonds. The Bertz CT molecular complexity index is 791. The molecule has 13 heteroatoms. The maximum absolute atomic E-state index is 12.5. The summed E-state index contributed by atoms with van der Waals surface area (Å²) in [5.41, 5.74) is 5.86. The highest BCUT2D eigenvalue weighted by atomic mass is 32.2. The number of sulfonamides is 1. The largest absolute Gasteiger partial charge is 0.490 e. The summed E-state index contributed by atoms with van der Waals surface area (Å²) < 4.78 is 64.7. The molecule has 1 aromatic rings. The van der Waals surface area contributed by atoms with Crippen molar-refractivity contribution in [3.05, 3.63) is 18.3 Å². The molecule has 1 aliphatic heterocycles. The predicted octanol–water partition coefficient (Wildman–Crippen LogP) is 1.10. The van der Waals surface area contributed by atoms with E-state index in [2.05, 4.69) is 14.6 Å². The molecule has 4 N–H and O–H groups in total. The third-order valence-corrected chi connectivity index (χ3v) is 6.21. The Kier molecular flexibility index (Phi) is 8.41. The zero-order chi connectivity index (χ0) is 22.4. The summed E-state index contributed by atoms with van der Waals surface area (Å²) in [6, 6.07) is 3.55. The first-order chi connectivity index (χ1) is 14.0. The molecule has 1 aliphatic carbocycles. The first-order valence-corrected chi connectivity index (χ1v) is 10.8. The monoisotopic (exact) mass is 454 g/mol. The zero-order valence-corrected chi connectivity index (χ0v) is 17.0. The van der Waals surface area contributed by atoms with Gasteiger partial charge in [-0.15, -0.1) is 0 Å². The Morgan fingerprint density at radius 3 is 2.23 bits per heavy atom. The lowest BCUT2D eigenvalue weighted by Crippen LogP contribution is -2.40. The minimum absolute atomic E-state index is 0.0290. The average Bonchev–Trinajstić information content (AvgIpc) is 2.70. The number of morpholine rings is 1. The summed E-state index contributed by atoms with van der Waals surface area (Å²) in [6.07, 6.45) is -0.343. The van der Waals surface area contributed by atoms with E-state index < -0.39 is 22.2 Å². The van der Waals surface area contributed by atoms with Crippen LogP contribution >= 0.6 is 0 Å². The Labute approximate surface area is 172 Å². The van der Waals surface area contributed by atoms with Crippen molar-refractivity contribution >= 4 is 21.8 Å². The standard InChI is InChI=1S/C15H24N4O3S.C2HF3O2/c16-12-1-3-13(4-2-12)18-23(20,21)14-5-6-15(17-11-14)19-7-9-22-10-8-19;3-2(4,5)1(6)7/h5-6,11-13,18H,1-4,7-10,16H2;(H,6,7). The lowest BCUT2D eigenvalue weighted by molar-refractivity contribution is -0.192. The number of anilines is 1. The molecule has 0 bridgehead atoms. The van der Waals surface area contributed by atoms with E-state index in [0.717, 1.165) is 44.6 Å². The molecule has 0 radical (unpaired) electrons. The van der Waals surface area contributed by atoms with Crippen molar-refractivity contribution in [3.8, 4) is 0 Å². The van der Waals surface area contributed by atoms with Gasteiger partial charge in [0, 0.05) is 31.4 Å². The van der Waals surface area contributed by atoms with Crippen LogP contribution in [0.1, 0.15) is 25.7 Å². The number of hydrogen-bond donors (Lipinski definition) is 3. The van der Waals surface area contributed by atoms with Crippen LogP contribution in [0, 0.1) is 0 Å². The van der Waals surface area contributed by atoms with Gasteiger partial charge in [-0.25, -0.2) is 22.9 Å². The fourth-order valence-electron chi connectivity index (χ4n) is 3.04. The third-order valence-electron chi connectivity index (χ3n) is 4.70. The van der Waals surface area contributed by atoms with Gasteiger partial charge in [-0.05, 0) is 37.8 Å². The molecule has 30 heavy (non-hydrogen) atoms. The first kappa shape index (κ1) is 24.3. The molecule has 2 aliphatic rings. The second-order valence-corrected chi connectivity index (χ2v) is 8.70. The normalized spacial score (nSPS) is 22.7. The number of aliphatic carboxylic acids is 1. The highest BCUT2D eigenvalue weighted by Gasteiger charge is 2.38. The molecule has 0 atom stereocenters. The van der Waals surface area contributed by atoms with Crippen LogP contribution in [0.25, 0.3) is 0 Å². The van der Waals surface area contributed by atoms with Crippen molar-refractivity contribution in [2.75, 3.05) is 31.2 Å². The molecule has 1 saturated carbocycles. The number of alkyl halides is 3. The number of carboxylic acids is 1. The van der Waals surface area contributed by atoms with Crippen LogP contribution < -0.4 is 15.4 Å². The van der Waals surface area contributed by atoms with Gasteiger partial charge in [-0.1, -0.05) is 0 Å². The van der Waals surface area contributed by atoms with Gasteiger partial charge in [0.1, 0.15) is 10.7 Å². The van der Waals surface area contributed by atoms with E-state index >= 15 is 0 Å². The van der Waals surface area contributed by atoms with Gasteiger partial charge in [0.25, 0.3) is 0 Å². The number of nitrogens with two attached hydrogens (primary N) is 1. The van der Waals surface area contributed by atoms with E-state index in [1.54, 1.807) is 12.1 Å². The van der Waals surface area contributed by atoms with Crippen molar-refractivity contribution in [2.45, 2.75) is 48.8 Å². The van der Waals surface area contributed by atoms with Crippen LogP contribution in [0.4, 0.5) is 19.0 Å². The molecular formula is C17H25F3N4O5S. The van der Waals surface area contributed by atoms with Crippen molar-refractivity contribution in [3.63, 3.8) is 0 Å². The Balaban J connectivity index is 0.000000396. The lowest BCUT2D eigenvalue weighted by atomic mass is 9.93. The molecule has 3 rings (SSSR count). The highest BCUT2D eigenvalue weighted by molar-refractivity contribution is 7.89. The SMILES string of the molecule is NC1CCC(NS(=O)(=O)c2ccc(N3CCOCC3)nc2)CC1.O=C(O)C(F)(F)F. The number of hydrogen-bond acceptors (Lipinski definition) is 7. The van der Waals surface area contributed by atoms with Crippen LogP contribution in [0.15, 0.2) is 23.2 Å². The van der Waals surface area contributed by atoms with E-state index in [1.165, 1.54) is 6.20 Å². The topological polar surface area (TPSA) is 135 Å². The van der Waals surface area contributed by atoms with Crippen LogP contribution in [0.2, 0.25) is 0 Å².